The number of hydrogen-bond acceptors (Lipinski definition) is 5. The summed E-state index contributed by atoms with van der Waals surface area (Å²) in [5.74, 6) is -0.0375. The summed E-state index contributed by atoms with van der Waals surface area (Å²) in [4.78, 5) is 19.5. The third-order valence-corrected chi connectivity index (χ3v) is 2.43. The van der Waals surface area contributed by atoms with E-state index in [9.17, 15) is 4.79 Å². The summed E-state index contributed by atoms with van der Waals surface area (Å²) in [6.07, 6.45) is 0. The zero-order chi connectivity index (χ0) is 12.4. The van der Waals surface area contributed by atoms with Gasteiger partial charge in [0.1, 0.15) is 11.3 Å². The van der Waals surface area contributed by atoms with E-state index in [1.54, 1.807) is 18.2 Å². The molecular formula is C11H9ClN2O3. The number of esters is 1. The van der Waals surface area contributed by atoms with Crippen LogP contribution in [0.3, 0.4) is 0 Å². The van der Waals surface area contributed by atoms with Gasteiger partial charge in [-0.3, -0.25) is 0 Å². The maximum absolute atomic E-state index is 11.6. The van der Waals surface area contributed by atoms with E-state index in [-0.39, 0.29) is 11.0 Å². The van der Waals surface area contributed by atoms with Crippen molar-refractivity contribution in [1.29, 1.82) is 0 Å². The highest BCUT2D eigenvalue weighted by Gasteiger charge is 2.16. The quantitative estimate of drug-likeness (QED) is 0.605. The van der Waals surface area contributed by atoms with Gasteiger partial charge in [-0.2, -0.15) is 0 Å². The number of para-hydroxylation sites is 1. The molecule has 0 atom stereocenters. The molecule has 0 aliphatic carbocycles. The lowest BCUT2D eigenvalue weighted by Crippen LogP contribution is -2.07. The number of carbonyl (C=O) groups is 1. The molecule has 0 spiro atoms. The van der Waals surface area contributed by atoms with E-state index in [2.05, 4.69) is 14.7 Å². The number of methoxy groups -OCH3 is 2. The predicted octanol–water partition coefficient (Wildman–Crippen LogP) is 2.08. The number of rotatable bonds is 2. The van der Waals surface area contributed by atoms with Crippen LogP contribution in [0.25, 0.3) is 10.9 Å². The third kappa shape index (κ3) is 2.01. The minimum atomic E-state index is -0.562. The highest BCUT2D eigenvalue weighted by molar-refractivity contribution is 6.29. The highest BCUT2D eigenvalue weighted by atomic mass is 35.5. The van der Waals surface area contributed by atoms with Crippen LogP contribution in [0, 0.1) is 0 Å². The molecule has 0 N–H and O–H groups in total. The normalized spacial score (nSPS) is 10.3. The maximum atomic E-state index is 11.6. The first-order chi connectivity index (χ1) is 8.17. The molecule has 0 fully saturated rings. The van der Waals surface area contributed by atoms with Crippen molar-refractivity contribution in [2.45, 2.75) is 0 Å². The zero-order valence-electron chi connectivity index (χ0n) is 9.23. The van der Waals surface area contributed by atoms with E-state index in [1.807, 2.05) is 0 Å². The van der Waals surface area contributed by atoms with Crippen LogP contribution in [0.2, 0.25) is 5.28 Å². The topological polar surface area (TPSA) is 61.3 Å². The van der Waals surface area contributed by atoms with Crippen LogP contribution in [0.1, 0.15) is 10.5 Å². The number of benzene rings is 1. The number of ether oxygens (including phenoxy) is 2. The Morgan fingerprint density at radius 3 is 2.71 bits per heavy atom. The Labute approximate surface area is 102 Å². The monoisotopic (exact) mass is 252 g/mol. The minimum absolute atomic E-state index is 0.0256. The van der Waals surface area contributed by atoms with E-state index in [1.165, 1.54) is 14.2 Å². The van der Waals surface area contributed by atoms with Crippen molar-refractivity contribution in [1.82, 2.24) is 9.97 Å². The van der Waals surface area contributed by atoms with Crippen molar-refractivity contribution in [2.75, 3.05) is 14.2 Å². The molecule has 0 bridgehead atoms. The van der Waals surface area contributed by atoms with E-state index >= 15 is 0 Å². The molecule has 1 aromatic heterocycles. The van der Waals surface area contributed by atoms with Gasteiger partial charge in [-0.25, -0.2) is 14.8 Å². The smallest absolute Gasteiger partial charge is 0.357 e. The molecule has 1 aromatic carbocycles. The van der Waals surface area contributed by atoms with Crippen molar-refractivity contribution in [3.63, 3.8) is 0 Å². The van der Waals surface area contributed by atoms with Gasteiger partial charge in [-0.15, -0.1) is 0 Å². The van der Waals surface area contributed by atoms with Crippen LogP contribution in [-0.4, -0.2) is 30.2 Å². The fourth-order valence-electron chi connectivity index (χ4n) is 1.52. The number of hydrogen-bond donors (Lipinski definition) is 0. The standard InChI is InChI=1S/C11H9ClN2O3/c1-16-7-5-3-4-6-8(7)13-11(12)14-9(6)10(15)17-2/h3-5H,1-2H3. The summed E-state index contributed by atoms with van der Waals surface area (Å²) >= 11 is 5.77. The molecule has 2 rings (SSSR count). The SMILES string of the molecule is COC(=O)c1nc(Cl)nc2c(OC)cccc12. The summed E-state index contributed by atoms with van der Waals surface area (Å²) in [7, 11) is 2.80. The molecule has 17 heavy (non-hydrogen) atoms. The first-order valence-corrected chi connectivity index (χ1v) is 5.13. The Hall–Kier alpha value is -1.88. The Morgan fingerprint density at radius 1 is 1.29 bits per heavy atom. The van der Waals surface area contributed by atoms with Crippen LogP contribution in [0.15, 0.2) is 18.2 Å². The second kappa shape index (κ2) is 4.55. The summed E-state index contributed by atoms with van der Waals surface area (Å²) in [5.41, 5.74) is 0.608. The molecule has 0 aliphatic heterocycles. The van der Waals surface area contributed by atoms with Gasteiger partial charge in [0.2, 0.25) is 5.28 Å². The second-order valence-corrected chi connectivity index (χ2v) is 3.53. The molecule has 6 heteroatoms. The first kappa shape index (κ1) is 11.6. The Morgan fingerprint density at radius 2 is 2.06 bits per heavy atom. The third-order valence-electron chi connectivity index (χ3n) is 2.26. The van der Waals surface area contributed by atoms with Crippen molar-refractivity contribution >= 4 is 28.5 Å². The van der Waals surface area contributed by atoms with E-state index < -0.39 is 5.97 Å². The number of aromatic nitrogens is 2. The van der Waals surface area contributed by atoms with Crippen molar-refractivity contribution in [3.8, 4) is 5.75 Å². The van der Waals surface area contributed by atoms with Crippen LogP contribution in [-0.2, 0) is 4.74 Å². The summed E-state index contributed by atoms with van der Waals surface area (Å²) in [5, 5.41) is 0.517. The van der Waals surface area contributed by atoms with Gasteiger partial charge in [0.25, 0.3) is 0 Å². The molecule has 0 amide bonds. The molecule has 0 saturated heterocycles. The predicted molar refractivity (Wildman–Crippen MR) is 62.4 cm³/mol. The zero-order valence-corrected chi connectivity index (χ0v) is 9.99. The lowest BCUT2D eigenvalue weighted by molar-refractivity contribution is 0.0596. The molecule has 0 saturated carbocycles. The summed E-state index contributed by atoms with van der Waals surface area (Å²) < 4.78 is 9.79. The fourth-order valence-corrected chi connectivity index (χ4v) is 1.68. The Kier molecular flexibility index (Phi) is 3.10. The molecule has 88 valence electrons. The van der Waals surface area contributed by atoms with Crippen molar-refractivity contribution in [2.24, 2.45) is 0 Å². The average Bonchev–Trinajstić information content (AvgIpc) is 2.36. The molecular weight excluding hydrogens is 244 g/mol. The minimum Gasteiger partial charge on any atom is -0.494 e. The molecule has 5 nitrogen and oxygen atoms in total. The van der Waals surface area contributed by atoms with Crippen molar-refractivity contribution < 1.29 is 14.3 Å². The number of nitrogens with zero attached hydrogens (tertiary/aromatic N) is 2. The van der Waals surface area contributed by atoms with Gasteiger partial charge >= 0.3 is 5.97 Å². The molecule has 0 unspecified atom stereocenters. The van der Waals surface area contributed by atoms with Crippen LogP contribution in [0.5, 0.6) is 5.75 Å². The molecule has 1 heterocycles. The number of carbonyl (C=O) groups excluding carboxylic acids is 1. The highest BCUT2D eigenvalue weighted by Crippen LogP contribution is 2.26. The maximum Gasteiger partial charge on any atom is 0.357 e. The van der Waals surface area contributed by atoms with Gasteiger partial charge < -0.3 is 9.47 Å². The van der Waals surface area contributed by atoms with E-state index in [4.69, 9.17) is 16.3 Å². The summed E-state index contributed by atoms with van der Waals surface area (Å²) in [6.45, 7) is 0. The largest absolute Gasteiger partial charge is 0.494 e. The van der Waals surface area contributed by atoms with Gasteiger partial charge in [0.15, 0.2) is 5.69 Å². The van der Waals surface area contributed by atoms with Crippen LogP contribution >= 0.6 is 11.6 Å². The lowest BCUT2D eigenvalue weighted by Gasteiger charge is -2.07. The fraction of sp³-hybridized carbons (Fsp3) is 0.182. The Bertz CT molecular complexity index is 586. The van der Waals surface area contributed by atoms with Crippen LogP contribution < -0.4 is 4.74 Å². The first-order valence-electron chi connectivity index (χ1n) is 4.76. The van der Waals surface area contributed by atoms with Gasteiger partial charge in [-0.1, -0.05) is 12.1 Å². The molecule has 0 radical (unpaired) electrons. The molecule has 2 aromatic rings. The van der Waals surface area contributed by atoms with Crippen LogP contribution in [0.4, 0.5) is 0 Å². The molecule has 0 aliphatic rings. The summed E-state index contributed by atoms with van der Waals surface area (Å²) in [6, 6.07) is 5.18. The average molecular weight is 253 g/mol. The van der Waals surface area contributed by atoms with Gasteiger partial charge in [0.05, 0.1) is 14.2 Å². The van der Waals surface area contributed by atoms with E-state index in [0.29, 0.717) is 16.7 Å². The second-order valence-electron chi connectivity index (χ2n) is 3.19. The van der Waals surface area contributed by atoms with Gasteiger partial charge in [-0.05, 0) is 17.7 Å². The lowest BCUT2D eigenvalue weighted by atomic mass is 10.2. The van der Waals surface area contributed by atoms with Crippen molar-refractivity contribution in [3.05, 3.63) is 29.2 Å². The van der Waals surface area contributed by atoms with Gasteiger partial charge in [0, 0.05) is 5.39 Å². The number of halogens is 1. The van der Waals surface area contributed by atoms with E-state index in [0.717, 1.165) is 0 Å². The Balaban J connectivity index is 2.81. The number of fused-ring (bicyclic) bond motifs is 1.